The maximum atomic E-state index is 12.6. The average Bonchev–Trinajstić information content (AvgIpc) is 3.21. The van der Waals surface area contributed by atoms with Crippen molar-refractivity contribution in [2.75, 3.05) is 27.4 Å². The number of amides is 1. The van der Waals surface area contributed by atoms with Gasteiger partial charge in [-0.25, -0.2) is 0 Å². The van der Waals surface area contributed by atoms with E-state index in [4.69, 9.17) is 9.47 Å². The Balaban J connectivity index is 1.76. The number of rotatable bonds is 5. The second kappa shape index (κ2) is 7.70. The zero-order chi connectivity index (χ0) is 17.8. The van der Waals surface area contributed by atoms with Crippen LogP contribution in [0, 0.1) is 5.92 Å². The quantitative estimate of drug-likeness (QED) is 0.829. The number of carbonyl (C=O) groups is 1. The molecule has 1 aliphatic heterocycles. The zero-order valence-electron chi connectivity index (χ0n) is 15.1. The summed E-state index contributed by atoms with van der Waals surface area (Å²) in [5.41, 5.74) is 3.29. The van der Waals surface area contributed by atoms with E-state index in [0.29, 0.717) is 13.2 Å². The van der Waals surface area contributed by atoms with Crippen molar-refractivity contribution in [3.05, 3.63) is 54.1 Å². The summed E-state index contributed by atoms with van der Waals surface area (Å²) in [7, 11) is 3.56. The molecule has 0 bridgehead atoms. The Morgan fingerprint density at radius 2 is 1.92 bits per heavy atom. The lowest BCUT2D eigenvalue weighted by molar-refractivity contribution is -0.136. The highest BCUT2D eigenvalue weighted by atomic mass is 16.5. The van der Waals surface area contributed by atoms with Crippen LogP contribution in [-0.2, 0) is 9.53 Å². The van der Waals surface area contributed by atoms with Gasteiger partial charge in [-0.05, 0) is 30.5 Å². The second-order valence-corrected chi connectivity index (χ2v) is 6.51. The fourth-order valence-electron chi connectivity index (χ4n) is 3.26. The molecule has 2 atom stereocenters. The van der Waals surface area contributed by atoms with Crippen LogP contribution >= 0.6 is 0 Å². The molecule has 1 amide bonds. The molecule has 0 saturated carbocycles. The van der Waals surface area contributed by atoms with Crippen LogP contribution in [0.15, 0.2) is 48.5 Å². The molecule has 4 heteroatoms. The number of nitrogens with zero attached hydrogens (tertiary/aromatic N) is 1. The third kappa shape index (κ3) is 3.69. The first-order valence-electron chi connectivity index (χ1n) is 8.69. The Morgan fingerprint density at radius 1 is 1.20 bits per heavy atom. The third-order valence-corrected chi connectivity index (χ3v) is 5.02. The molecule has 3 rings (SSSR count). The highest BCUT2D eigenvalue weighted by molar-refractivity contribution is 5.79. The summed E-state index contributed by atoms with van der Waals surface area (Å²) in [6.45, 7) is 3.29. The van der Waals surface area contributed by atoms with E-state index >= 15 is 0 Å². The smallest absolute Gasteiger partial charge is 0.228 e. The van der Waals surface area contributed by atoms with E-state index < -0.39 is 0 Å². The van der Waals surface area contributed by atoms with Gasteiger partial charge in [0.2, 0.25) is 5.91 Å². The van der Waals surface area contributed by atoms with Gasteiger partial charge in [-0.1, -0.05) is 42.5 Å². The predicted molar refractivity (Wildman–Crippen MR) is 98.5 cm³/mol. The van der Waals surface area contributed by atoms with E-state index in [1.807, 2.05) is 36.2 Å². The number of hydrogen-bond acceptors (Lipinski definition) is 3. The van der Waals surface area contributed by atoms with Crippen molar-refractivity contribution in [3.8, 4) is 16.9 Å². The molecule has 0 aromatic heterocycles. The van der Waals surface area contributed by atoms with Crippen LogP contribution in [0.25, 0.3) is 11.1 Å². The molecule has 0 aliphatic carbocycles. The van der Waals surface area contributed by atoms with Gasteiger partial charge in [0.25, 0.3) is 0 Å². The molecule has 132 valence electrons. The molecule has 0 N–H and O–H groups in total. The zero-order valence-corrected chi connectivity index (χ0v) is 15.1. The van der Waals surface area contributed by atoms with Crippen LogP contribution in [0.4, 0.5) is 0 Å². The van der Waals surface area contributed by atoms with Crippen molar-refractivity contribution in [3.63, 3.8) is 0 Å². The lowest BCUT2D eigenvalue weighted by atomic mass is 9.99. The summed E-state index contributed by atoms with van der Waals surface area (Å²) >= 11 is 0. The molecule has 1 aliphatic rings. The van der Waals surface area contributed by atoms with Crippen molar-refractivity contribution in [2.24, 2.45) is 5.92 Å². The molecule has 1 heterocycles. The van der Waals surface area contributed by atoms with Gasteiger partial charge in [-0.15, -0.1) is 0 Å². The van der Waals surface area contributed by atoms with Gasteiger partial charge in [0.05, 0.1) is 25.7 Å². The Hall–Kier alpha value is -2.33. The number of ether oxygens (including phenoxy) is 2. The molecule has 4 nitrogen and oxygen atoms in total. The van der Waals surface area contributed by atoms with Crippen molar-refractivity contribution < 1.29 is 14.3 Å². The summed E-state index contributed by atoms with van der Waals surface area (Å²) in [5.74, 6) is 1.02. The lowest BCUT2D eigenvalue weighted by Crippen LogP contribution is -2.35. The molecule has 2 aromatic rings. The molecular weight excluding hydrogens is 314 g/mol. The van der Waals surface area contributed by atoms with E-state index in [1.165, 1.54) is 0 Å². The van der Waals surface area contributed by atoms with Crippen LogP contribution in [0.3, 0.4) is 0 Å². The average molecular weight is 339 g/mol. The lowest BCUT2D eigenvalue weighted by Gasteiger charge is -2.27. The largest absolute Gasteiger partial charge is 0.496 e. The van der Waals surface area contributed by atoms with E-state index in [9.17, 15) is 4.79 Å². The molecule has 1 fully saturated rings. The third-order valence-electron chi connectivity index (χ3n) is 5.02. The van der Waals surface area contributed by atoms with Crippen molar-refractivity contribution in [1.29, 1.82) is 0 Å². The molecule has 25 heavy (non-hydrogen) atoms. The minimum absolute atomic E-state index is 0.000281. The van der Waals surface area contributed by atoms with Gasteiger partial charge in [-0.3, -0.25) is 4.79 Å². The molecule has 0 spiro atoms. The molecular formula is C21H25NO3. The van der Waals surface area contributed by atoms with Gasteiger partial charge in [0, 0.05) is 19.2 Å². The van der Waals surface area contributed by atoms with E-state index in [2.05, 4.69) is 31.2 Å². The normalized spacial score (nSPS) is 18.0. The van der Waals surface area contributed by atoms with Crippen LogP contribution in [-0.4, -0.2) is 38.2 Å². The minimum atomic E-state index is 0.000281. The summed E-state index contributed by atoms with van der Waals surface area (Å²) in [6, 6.07) is 16.3. The fraction of sp³-hybridized carbons (Fsp3) is 0.381. The summed E-state index contributed by atoms with van der Waals surface area (Å²) < 4.78 is 10.8. The van der Waals surface area contributed by atoms with E-state index in [0.717, 1.165) is 28.9 Å². The van der Waals surface area contributed by atoms with Gasteiger partial charge in [0.15, 0.2) is 0 Å². The second-order valence-electron chi connectivity index (χ2n) is 6.51. The van der Waals surface area contributed by atoms with E-state index in [1.54, 1.807) is 7.11 Å². The number of carbonyl (C=O) groups excluding carboxylic acids is 1. The molecule has 0 radical (unpaired) electrons. The van der Waals surface area contributed by atoms with Crippen LogP contribution in [0.1, 0.15) is 24.9 Å². The number of methoxy groups -OCH3 is 1. The van der Waals surface area contributed by atoms with Gasteiger partial charge >= 0.3 is 0 Å². The highest BCUT2D eigenvalue weighted by Crippen LogP contribution is 2.31. The van der Waals surface area contributed by atoms with Crippen LogP contribution in [0.5, 0.6) is 5.75 Å². The Morgan fingerprint density at radius 3 is 2.56 bits per heavy atom. The molecule has 0 unspecified atom stereocenters. The topological polar surface area (TPSA) is 38.8 Å². The molecule has 2 aromatic carbocycles. The van der Waals surface area contributed by atoms with Crippen molar-refractivity contribution in [1.82, 2.24) is 4.90 Å². The van der Waals surface area contributed by atoms with Gasteiger partial charge < -0.3 is 14.4 Å². The van der Waals surface area contributed by atoms with Crippen LogP contribution < -0.4 is 4.74 Å². The number of hydrogen-bond donors (Lipinski definition) is 0. The first kappa shape index (κ1) is 17.5. The van der Waals surface area contributed by atoms with Crippen molar-refractivity contribution >= 4 is 5.91 Å². The van der Waals surface area contributed by atoms with Crippen LogP contribution in [0.2, 0.25) is 0 Å². The number of para-hydroxylation sites is 1. The van der Waals surface area contributed by atoms with Gasteiger partial charge in [0.1, 0.15) is 5.75 Å². The monoisotopic (exact) mass is 339 g/mol. The maximum absolute atomic E-state index is 12.6. The highest BCUT2D eigenvalue weighted by Gasteiger charge is 2.28. The minimum Gasteiger partial charge on any atom is -0.496 e. The Labute approximate surface area is 149 Å². The standard InChI is InChI=1S/C21H25NO3/c1-15(22(2)21(23)18-12-13-25-14-18)16-8-10-17(11-9-16)19-6-4-5-7-20(19)24-3/h4-11,15,18H,12-14H2,1-3H3/t15-,18+/m1/s1. The Bertz CT molecular complexity index is 720. The molecule has 1 saturated heterocycles. The van der Waals surface area contributed by atoms with E-state index in [-0.39, 0.29) is 17.9 Å². The Kier molecular flexibility index (Phi) is 5.39. The maximum Gasteiger partial charge on any atom is 0.228 e. The summed E-state index contributed by atoms with van der Waals surface area (Å²) in [4.78, 5) is 14.4. The number of benzene rings is 2. The fourth-order valence-corrected chi connectivity index (χ4v) is 3.26. The summed E-state index contributed by atoms with van der Waals surface area (Å²) in [6.07, 6.45) is 0.822. The first-order valence-corrected chi connectivity index (χ1v) is 8.69. The summed E-state index contributed by atoms with van der Waals surface area (Å²) in [5, 5.41) is 0. The predicted octanol–water partition coefficient (Wildman–Crippen LogP) is 3.92. The first-order chi connectivity index (χ1) is 12.1. The van der Waals surface area contributed by atoms with Crippen molar-refractivity contribution in [2.45, 2.75) is 19.4 Å². The SMILES string of the molecule is COc1ccccc1-c1ccc([C@@H](C)N(C)C(=O)[C@H]2CCOC2)cc1. The van der Waals surface area contributed by atoms with Gasteiger partial charge in [-0.2, -0.15) is 0 Å².